The summed E-state index contributed by atoms with van der Waals surface area (Å²) < 4.78 is 5.54. The number of likely N-dealkylation sites (tertiary alicyclic amines) is 1. The maximum Gasteiger partial charge on any atom is 0.226 e. The molecule has 1 saturated heterocycles. The number of hydrogen-bond donors (Lipinski definition) is 1. The number of benzene rings is 1. The van der Waals surface area contributed by atoms with Crippen molar-refractivity contribution in [1.82, 2.24) is 9.88 Å². The van der Waals surface area contributed by atoms with Crippen LogP contribution in [0.5, 0.6) is 0 Å². The zero-order valence-electron chi connectivity index (χ0n) is 12.1. The van der Waals surface area contributed by atoms with Crippen LogP contribution in [0.1, 0.15) is 25.5 Å². The van der Waals surface area contributed by atoms with Crippen LogP contribution in [0.25, 0.3) is 11.5 Å². The minimum Gasteiger partial charge on any atom is -0.444 e. The summed E-state index contributed by atoms with van der Waals surface area (Å²) in [6.45, 7) is 4.41. The molecule has 112 valence electrons. The molecule has 0 radical (unpaired) electrons. The molecule has 1 N–H and O–H groups in total. The van der Waals surface area contributed by atoms with Crippen molar-refractivity contribution in [3.8, 4) is 11.5 Å². The summed E-state index contributed by atoms with van der Waals surface area (Å²) >= 11 is 5.98. The van der Waals surface area contributed by atoms with E-state index in [1.54, 1.807) is 6.26 Å². The maximum atomic E-state index is 9.96. The Hall–Kier alpha value is -1.36. The lowest BCUT2D eigenvalue weighted by molar-refractivity contribution is -0.00757. The van der Waals surface area contributed by atoms with Crippen molar-refractivity contribution in [3.05, 3.63) is 41.2 Å². The van der Waals surface area contributed by atoms with Crippen LogP contribution in [0.2, 0.25) is 5.02 Å². The van der Waals surface area contributed by atoms with Crippen LogP contribution in [0, 0.1) is 0 Å². The van der Waals surface area contributed by atoms with Crippen LogP contribution in [0.3, 0.4) is 0 Å². The molecule has 4 nitrogen and oxygen atoms in total. The first-order chi connectivity index (χ1) is 10.0. The second-order valence-corrected chi connectivity index (χ2v) is 6.36. The Bertz CT molecular complexity index is 614. The molecule has 0 saturated carbocycles. The van der Waals surface area contributed by atoms with Crippen LogP contribution < -0.4 is 0 Å². The van der Waals surface area contributed by atoms with Gasteiger partial charge in [-0.3, -0.25) is 4.90 Å². The molecule has 0 amide bonds. The summed E-state index contributed by atoms with van der Waals surface area (Å²) in [5.74, 6) is 0.594. The number of piperidine rings is 1. The van der Waals surface area contributed by atoms with Gasteiger partial charge in [-0.1, -0.05) is 17.7 Å². The predicted octanol–water partition coefficient (Wildman–Crippen LogP) is 3.34. The summed E-state index contributed by atoms with van der Waals surface area (Å²) in [4.78, 5) is 6.81. The Morgan fingerprint density at radius 3 is 2.86 bits per heavy atom. The molecule has 2 heterocycles. The Kier molecular flexibility index (Phi) is 4.02. The molecule has 1 aliphatic heterocycles. The molecule has 0 unspecified atom stereocenters. The van der Waals surface area contributed by atoms with E-state index in [9.17, 15) is 5.11 Å². The molecule has 2 aromatic rings. The van der Waals surface area contributed by atoms with E-state index in [0.29, 0.717) is 10.9 Å². The number of rotatable bonds is 3. The largest absolute Gasteiger partial charge is 0.444 e. The van der Waals surface area contributed by atoms with Gasteiger partial charge in [-0.05, 0) is 38.0 Å². The lowest BCUT2D eigenvalue weighted by Gasteiger charge is -2.35. The zero-order valence-corrected chi connectivity index (χ0v) is 12.8. The first-order valence-corrected chi connectivity index (χ1v) is 7.55. The normalized spacial score (nSPS) is 18.8. The Labute approximate surface area is 129 Å². The van der Waals surface area contributed by atoms with Gasteiger partial charge in [-0.25, -0.2) is 4.98 Å². The quantitative estimate of drug-likeness (QED) is 0.945. The van der Waals surface area contributed by atoms with Crippen molar-refractivity contribution >= 4 is 11.6 Å². The highest BCUT2D eigenvalue weighted by Gasteiger charge is 2.27. The zero-order chi connectivity index (χ0) is 14.9. The fourth-order valence-electron chi connectivity index (χ4n) is 2.56. The SMILES string of the molecule is CC1(O)CCN(Cc2coc(-c3cccc(Cl)c3)n2)CC1. The molecule has 1 aromatic carbocycles. The molecule has 3 rings (SSSR count). The third kappa shape index (κ3) is 3.64. The first kappa shape index (κ1) is 14.6. The van der Waals surface area contributed by atoms with Gasteiger partial charge in [0.1, 0.15) is 6.26 Å². The third-order valence-corrected chi connectivity index (χ3v) is 4.18. The first-order valence-electron chi connectivity index (χ1n) is 7.17. The van der Waals surface area contributed by atoms with E-state index in [4.69, 9.17) is 16.0 Å². The van der Waals surface area contributed by atoms with E-state index in [0.717, 1.165) is 43.7 Å². The molecule has 1 fully saturated rings. The molecule has 0 bridgehead atoms. The van der Waals surface area contributed by atoms with E-state index in [-0.39, 0.29) is 0 Å². The highest BCUT2D eigenvalue weighted by Crippen LogP contribution is 2.25. The van der Waals surface area contributed by atoms with Crippen LogP contribution in [-0.2, 0) is 6.54 Å². The van der Waals surface area contributed by atoms with Gasteiger partial charge in [-0.2, -0.15) is 0 Å². The van der Waals surface area contributed by atoms with E-state index in [2.05, 4.69) is 9.88 Å². The fraction of sp³-hybridized carbons (Fsp3) is 0.438. The molecule has 21 heavy (non-hydrogen) atoms. The minimum absolute atomic E-state index is 0.522. The van der Waals surface area contributed by atoms with Gasteiger partial charge >= 0.3 is 0 Å². The standard InChI is InChI=1S/C16H19ClN2O2/c1-16(20)5-7-19(8-6-16)10-14-11-21-15(18-14)12-3-2-4-13(17)9-12/h2-4,9,11,20H,5-8,10H2,1H3. The molecular weight excluding hydrogens is 288 g/mol. The van der Waals surface area contributed by atoms with Crippen LogP contribution in [0.4, 0.5) is 0 Å². The van der Waals surface area contributed by atoms with Gasteiger partial charge in [0, 0.05) is 30.2 Å². The molecular formula is C16H19ClN2O2. The van der Waals surface area contributed by atoms with Gasteiger partial charge in [0.05, 0.1) is 11.3 Å². The summed E-state index contributed by atoms with van der Waals surface area (Å²) in [6, 6.07) is 7.48. The van der Waals surface area contributed by atoms with E-state index >= 15 is 0 Å². The van der Waals surface area contributed by atoms with Crippen molar-refractivity contribution in [2.24, 2.45) is 0 Å². The monoisotopic (exact) mass is 306 g/mol. The van der Waals surface area contributed by atoms with Gasteiger partial charge < -0.3 is 9.52 Å². The van der Waals surface area contributed by atoms with E-state index in [1.165, 1.54) is 0 Å². The van der Waals surface area contributed by atoms with Crippen molar-refractivity contribution in [1.29, 1.82) is 0 Å². The van der Waals surface area contributed by atoms with Crippen molar-refractivity contribution in [2.75, 3.05) is 13.1 Å². The minimum atomic E-state index is -0.522. The maximum absolute atomic E-state index is 9.96. The van der Waals surface area contributed by atoms with Crippen LogP contribution in [-0.4, -0.2) is 33.7 Å². The highest BCUT2D eigenvalue weighted by molar-refractivity contribution is 6.30. The van der Waals surface area contributed by atoms with Crippen LogP contribution >= 0.6 is 11.6 Å². The van der Waals surface area contributed by atoms with Crippen molar-refractivity contribution in [2.45, 2.75) is 31.9 Å². The smallest absolute Gasteiger partial charge is 0.226 e. The molecule has 1 aliphatic rings. The Balaban J connectivity index is 1.66. The molecule has 0 spiro atoms. The predicted molar refractivity (Wildman–Crippen MR) is 82.1 cm³/mol. The van der Waals surface area contributed by atoms with E-state index < -0.39 is 5.60 Å². The average Bonchev–Trinajstić information content (AvgIpc) is 2.90. The lowest BCUT2D eigenvalue weighted by atomic mass is 9.94. The van der Waals surface area contributed by atoms with Gasteiger partial charge in [0.2, 0.25) is 5.89 Å². The van der Waals surface area contributed by atoms with Crippen molar-refractivity contribution < 1.29 is 9.52 Å². The van der Waals surface area contributed by atoms with Gasteiger partial charge in [0.25, 0.3) is 0 Å². The molecule has 1 aromatic heterocycles. The van der Waals surface area contributed by atoms with Crippen molar-refractivity contribution in [3.63, 3.8) is 0 Å². The summed E-state index contributed by atoms with van der Waals surface area (Å²) in [5, 5.41) is 10.6. The van der Waals surface area contributed by atoms with Crippen LogP contribution in [0.15, 0.2) is 34.9 Å². The number of nitrogens with zero attached hydrogens (tertiary/aromatic N) is 2. The molecule has 0 aliphatic carbocycles. The summed E-state index contributed by atoms with van der Waals surface area (Å²) in [7, 11) is 0. The van der Waals surface area contributed by atoms with Gasteiger partial charge in [0.15, 0.2) is 0 Å². The Morgan fingerprint density at radius 1 is 1.38 bits per heavy atom. The fourth-order valence-corrected chi connectivity index (χ4v) is 2.75. The summed E-state index contributed by atoms with van der Waals surface area (Å²) in [5.41, 5.74) is 1.27. The number of aliphatic hydroxyl groups is 1. The molecule has 0 atom stereocenters. The second-order valence-electron chi connectivity index (χ2n) is 5.93. The number of aromatic nitrogens is 1. The number of hydrogen-bond acceptors (Lipinski definition) is 4. The second kappa shape index (κ2) is 5.79. The Morgan fingerprint density at radius 2 is 2.14 bits per heavy atom. The van der Waals surface area contributed by atoms with E-state index in [1.807, 2.05) is 31.2 Å². The summed E-state index contributed by atoms with van der Waals surface area (Å²) in [6.07, 6.45) is 3.29. The van der Waals surface area contributed by atoms with Gasteiger partial charge in [-0.15, -0.1) is 0 Å². The molecule has 5 heteroatoms. The highest BCUT2D eigenvalue weighted by atomic mass is 35.5. The topological polar surface area (TPSA) is 49.5 Å². The average molecular weight is 307 g/mol. The third-order valence-electron chi connectivity index (χ3n) is 3.94. The number of halogens is 1. The lowest BCUT2D eigenvalue weighted by Crippen LogP contribution is -2.41. The number of oxazole rings is 1.